The molecule has 32 heavy (non-hydrogen) atoms. The number of nitrogens with two attached hydrogens (primary N) is 1. The van der Waals surface area contributed by atoms with Gasteiger partial charge in [0.1, 0.15) is 0 Å². The Morgan fingerprint density at radius 2 is 1.66 bits per heavy atom. The summed E-state index contributed by atoms with van der Waals surface area (Å²) in [5, 5.41) is 5.18. The van der Waals surface area contributed by atoms with Gasteiger partial charge in [-0.1, -0.05) is 70.7 Å². The van der Waals surface area contributed by atoms with E-state index in [9.17, 15) is 4.79 Å². The largest absolute Gasteiger partial charge is 0.370 e. The molecule has 1 atom stereocenters. The van der Waals surface area contributed by atoms with E-state index in [4.69, 9.17) is 57.1 Å². The number of primary amides is 1. The number of amides is 1. The van der Waals surface area contributed by atoms with Crippen molar-refractivity contribution in [3.63, 3.8) is 0 Å². The maximum atomic E-state index is 12.0. The SMILES string of the molecule is NC(=O)CC1c2ccccc2N=C(Nc2ccc(Cl)c(Cl)c2)N1Cc1c(Cl)cccc1Cl. The molecule has 3 aromatic rings. The van der Waals surface area contributed by atoms with E-state index in [1.165, 1.54) is 0 Å². The molecule has 0 fully saturated rings. The zero-order chi connectivity index (χ0) is 22.8. The molecule has 0 aromatic heterocycles. The molecule has 164 valence electrons. The highest BCUT2D eigenvalue weighted by molar-refractivity contribution is 6.42. The van der Waals surface area contributed by atoms with Gasteiger partial charge in [0.25, 0.3) is 0 Å². The van der Waals surface area contributed by atoms with Crippen molar-refractivity contribution in [2.75, 3.05) is 5.32 Å². The normalized spacial score (nSPS) is 15.2. The minimum absolute atomic E-state index is 0.0845. The molecule has 0 aliphatic carbocycles. The summed E-state index contributed by atoms with van der Waals surface area (Å²) >= 11 is 25.2. The second kappa shape index (κ2) is 9.59. The van der Waals surface area contributed by atoms with Crippen LogP contribution in [0.15, 0.2) is 65.7 Å². The molecule has 5 nitrogen and oxygen atoms in total. The number of hydrogen-bond acceptors (Lipinski definition) is 4. The molecule has 1 heterocycles. The van der Waals surface area contributed by atoms with Crippen molar-refractivity contribution in [2.24, 2.45) is 10.7 Å². The van der Waals surface area contributed by atoms with E-state index in [1.807, 2.05) is 29.2 Å². The highest BCUT2D eigenvalue weighted by Gasteiger charge is 2.32. The quantitative estimate of drug-likeness (QED) is 0.397. The molecular weight excluding hydrogens is 490 g/mol. The zero-order valence-electron chi connectivity index (χ0n) is 16.7. The van der Waals surface area contributed by atoms with Crippen molar-refractivity contribution in [1.82, 2.24) is 4.90 Å². The lowest BCUT2D eigenvalue weighted by Crippen LogP contribution is -2.42. The fourth-order valence-electron chi connectivity index (χ4n) is 3.62. The van der Waals surface area contributed by atoms with Crippen molar-refractivity contribution in [1.29, 1.82) is 0 Å². The highest BCUT2D eigenvalue weighted by Crippen LogP contribution is 2.39. The first-order chi connectivity index (χ1) is 15.3. The van der Waals surface area contributed by atoms with Crippen molar-refractivity contribution in [2.45, 2.75) is 19.0 Å². The van der Waals surface area contributed by atoms with Crippen LogP contribution >= 0.6 is 46.4 Å². The van der Waals surface area contributed by atoms with E-state index in [1.54, 1.807) is 36.4 Å². The molecule has 1 aliphatic rings. The first-order valence-corrected chi connectivity index (χ1v) is 11.2. The van der Waals surface area contributed by atoms with E-state index in [0.717, 1.165) is 11.3 Å². The predicted molar refractivity (Wildman–Crippen MR) is 132 cm³/mol. The van der Waals surface area contributed by atoms with Gasteiger partial charge in [-0.05, 0) is 36.4 Å². The van der Waals surface area contributed by atoms with Crippen LogP contribution in [0.25, 0.3) is 0 Å². The van der Waals surface area contributed by atoms with E-state index >= 15 is 0 Å². The van der Waals surface area contributed by atoms with Gasteiger partial charge < -0.3 is 16.0 Å². The van der Waals surface area contributed by atoms with Crippen LogP contribution in [0.5, 0.6) is 0 Å². The second-order valence-corrected chi connectivity index (χ2v) is 8.89. The number of rotatable bonds is 5. The Bertz CT molecular complexity index is 1190. The van der Waals surface area contributed by atoms with Gasteiger partial charge in [-0.15, -0.1) is 0 Å². The number of para-hydroxylation sites is 1. The van der Waals surface area contributed by atoms with Crippen molar-refractivity contribution in [3.8, 4) is 0 Å². The van der Waals surface area contributed by atoms with Gasteiger partial charge in [-0.3, -0.25) is 4.79 Å². The van der Waals surface area contributed by atoms with Crippen LogP contribution in [0.1, 0.15) is 23.6 Å². The fourth-order valence-corrected chi connectivity index (χ4v) is 4.43. The van der Waals surface area contributed by atoms with Crippen LogP contribution in [0.4, 0.5) is 11.4 Å². The van der Waals surface area contributed by atoms with Crippen LogP contribution in [0.3, 0.4) is 0 Å². The molecule has 0 radical (unpaired) electrons. The van der Waals surface area contributed by atoms with Gasteiger partial charge in [0.05, 0.1) is 28.2 Å². The number of hydrogen-bond donors (Lipinski definition) is 2. The summed E-state index contributed by atoms with van der Waals surface area (Å²) in [5.74, 6) is 0.0696. The molecule has 0 bridgehead atoms. The van der Waals surface area contributed by atoms with E-state index in [2.05, 4.69) is 5.32 Å². The van der Waals surface area contributed by atoms with Gasteiger partial charge in [-0.2, -0.15) is 0 Å². The number of nitrogens with zero attached hydrogens (tertiary/aromatic N) is 2. The summed E-state index contributed by atoms with van der Waals surface area (Å²) in [4.78, 5) is 18.7. The highest BCUT2D eigenvalue weighted by atomic mass is 35.5. The van der Waals surface area contributed by atoms with Crippen LogP contribution in [0, 0.1) is 0 Å². The number of guanidine groups is 1. The minimum Gasteiger partial charge on any atom is -0.370 e. The predicted octanol–water partition coefficient (Wildman–Crippen LogP) is 6.83. The number of benzene rings is 3. The first kappa shape index (κ1) is 22.7. The summed E-state index contributed by atoms with van der Waals surface area (Å²) in [7, 11) is 0. The van der Waals surface area contributed by atoms with E-state index in [0.29, 0.717) is 43.8 Å². The molecule has 3 N–H and O–H groups in total. The average molecular weight is 508 g/mol. The molecule has 0 spiro atoms. The fraction of sp³-hybridized carbons (Fsp3) is 0.130. The smallest absolute Gasteiger partial charge is 0.219 e. The number of fused-ring (bicyclic) bond motifs is 1. The van der Waals surface area contributed by atoms with Crippen LogP contribution in [-0.2, 0) is 11.3 Å². The molecule has 0 saturated carbocycles. The van der Waals surface area contributed by atoms with Gasteiger partial charge in [0.2, 0.25) is 11.9 Å². The Morgan fingerprint density at radius 3 is 2.34 bits per heavy atom. The van der Waals surface area contributed by atoms with Crippen molar-refractivity contribution < 1.29 is 4.79 Å². The minimum atomic E-state index is -0.434. The molecular formula is C23H18Cl4N4O. The standard InChI is InChI=1S/C23H18Cl4N4O/c24-16-5-3-6-17(25)15(16)12-31-21(11-22(28)32)14-4-1-2-7-20(14)30-23(31)29-13-8-9-18(26)19(27)10-13/h1-10,21H,11-12H2,(H2,28,32)(H,29,30). The molecule has 1 unspecified atom stereocenters. The molecule has 3 aromatic carbocycles. The van der Waals surface area contributed by atoms with Gasteiger partial charge in [0.15, 0.2) is 0 Å². The number of nitrogens with one attached hydrogen (secondary N) is 1. The summed E-state index contributed by atoms with van der Waals surface area (Å²) in [6.07, 6.45) is 0.0845. The Kier molecular flexibility index (Phi) is 6.82. The molecule has 4 rings (SSSR count). The van der Waals surface area contributed by atoms with Gasteiger partial charge in [-0.25, -0.2) is 4.99 Å². The van der Waals surface area contributed by atoms with Crippen molar-refractivity contribution >= 4 is 69.6 Å². The summed E-state index contributed by atoms with van der Waals surface area (Å²) < 4.78 is 0. The summed E-state index contributed by atoms with van der Waals surface area (Å²) in [6.45, 7) is 0.304. The number of anilines is 1. The maximum Gasteiger partial charge on any atom is 0.219 e. The molecule has 1 aliphatic heterocycles. The van der Waals surface area contributed by atoms with E-state index in [-0.39, 0.29) is 12.5 Å². The topological polar surface area (TPSA) is 70.7 Å². The number of carbonyl (C=O) groups is 1. The molecule has 9 heteroatoms. The number of carbonyl (C=O) groups excluding carboxylic acids is 1. The Labute approximate surface area is 205 Å². The lowest BCUT2D eigenvalue weighted by molar-refractivity contribution is -0.119. The lowest BCUT2D eigenvalue weighted by Gasteiger charge is -2.38. The van der Waals surface area contributed by atoms with Crippen LogP contribution < -0.4 is 11.1 Å². The third kappa shape index (κ3) is 4.81. The Hall–Kier alpha value is -2.44. The lowest BCUT2D eigenvalue weighted by atomic mass is 9.97. The summed E-state index contributed by atoms with van der Waals surface area (Å²) in [5.41, 5.74) is 8.64. The third-order valence-electron chi connectivity index (χ3n) is 5.13. The van der Waals surface area contributed by atoms with E-state index < -0.39 is 5.91 Å². The first-order valence-electron chi connectivity index (χ1n) is 9.71. The van der Waals surface area contributed by atoms with Gasteiger partial charge >= 0.3 is 0 Å². The Balaban J connectivity index is 1.81. The van der Waals surface area contributed by atoms with Gasteiger partial charge in [0, 0.05) is 33.4 Å². The summed E-state index contributed by atoms with van der Waals surface area (Å²) in [6, 6.07) is 17.8. The van der Waals surface area contributed by atoms with Crippen LogP contribution in [0.2, 0.25) is 20.1 Å². The molecule has 1 amide bonds. The second-order valence-electron chi connectivity index (χ2n) is 7.26. The molecule has 0 saturated heterocycles. The van der Waals surface area contributed by atoms with Crippen LogP contribution in [-0.4, -0.2) is 16.8 Å². The zero-order valence-corrected chi connectivity index (χ0v) is 19.7. The third-order valence-corrected chi connectivity index (χ3v) is 6.58. The maximum absolute atomic E-state index is 12.0. The number of aliphatic imine (C=N–C) groups is 1. The Morgan fingerprint density at radius 1 is 0.938 bits per heavy atom. The number of halogens is 4. The monoisotopic (exact) mass is 506 g/mol. The average Bonchev–Trinajstić information content (AvgIpc) is 2.74. The van der Waals surface area contributed by atoms with Crippen molar-refractivity contribution in [3.05, 3.63) is 91.9 Å².